The number of alkyl halides is 3. The summed E-state index contributed by atoms with van der Waals surface area (Å²) in [7, 11) is -3.91. The number of hydrogen-bond donors (Lipinski definition) is 0. The zero-order valence-corrected chi connectivity index (χ0v) is 27.7. The van der Waals surface area contributed by atoms with Crippen molar-refractivity contribution in [3.05, 3.63) is 135 Å². The van der Waals surface area contributed by atoms with Gasteiger partial charge in [-0.15, -0.1) is 11.8 Å². The molecule has 1 saturated heterocycles. The summed E-state index contributed by atoms with van der Waals surface area (Å²) in [6.45, 7) is -23.6. The number of rotatable bonds is 12. The van der Waals surface area contributed by atoms with Gasteiger partial charge in [-0.1, -0.05) is 54.6 Å². The molecule has 6 nitrogen and oxygen atoms in total. The molecule has 0 aliphatic carbocycles. The number of benzene rings is 4. The number of carbonyl (C=O) groups is 1. The Balaban J connectivity index is 1.71. The van der Waals surface area contributed by atoms with Crippen LogP contribution in [0.3, 0.4) is 0 Å². The Morgan fingerprint density at radius 3 is 2.43 bits per heavy atom. The number of carbonyl (C=O) groups excluding carboxylic acids is 1. The average Bonchev–Trinajstić information content (AvgIpc) is 3.29. The second-order valence-electron chi connectivity index (χ2n) is 10.9. The van der Waals surface area contributed by atoms with Gasteiger partial charge in [0, 0.05) is 78.2 Å². The number of aromatic nitrogens is 1. The van der Waals surface area contributed by atoms with Gasteiger partial charge >= 0.3 is 6.18 Å². The number of halogens is 5. The lowest BCUT2D eigenvalue weighted by Crippen LogP contribution is -2.48. The molecule has 278 valence electrons. The van der Waals surface area contributed by atoms with Gasteiger partial charge in [0.25, 0.3) is 0 Å². The molecular weight excluding hydrogens is 710 g/mol. The fourth-order valence-corrected chi connectivity index (χ4v) is 5.52. The van der Waals surface area contributed by atoms with E-state index in [1.54, 1.807) is 0 Å². The van der Waals surface area contributed by atoms with Crippen molar-refractivity contribution in [3.63, 3.8) is 0 Å². The summed E-state index contributed by atoms with van der Waals surface area (Å²) in [6, 6.07) is 0.390. The average molecular weight is 774 g/mol. The van der Waals surface area contributed by atoms with Gasteiger partial charge < -0.3 is 19.1 Å². The molecule has 1 aromatic heterocycles. The second-order valence-corrected chi connectivity index (χ2v) is 11.7. The van der Waals surface area contributed by atoms with Crippen molar-refractivity contribution in [3.8, 4) is 11.1 Å². The van der Waals surface area contributed by atoms with Gasteiger partial charge in [0.1, 0.15) is 6.50 Å². The fraction of sp³-hybridized carbons (Fsp3) is 0.317. The van der Waals surface area contributed by atoms with E-state index in [2.05, 4.69) is 4.74 Å². The van der Waals surface area contributed by atoms with Gasteiger partial charge in [-0.2, -0.15) is 13.2 Å². The largest absolute Gasteiger partial charge is 0.416 e. The molecule has 5 aromatic rings. The summed E-state index contributed by atoms with van der Waals surface area (Å²) < 4.78 is 285. The topological polar surface area (TPSA) is 54.8 Å². The number of piperidine rings is 1. The van der Waals surface area contributed by atoms with E-state index >= 15 is 9.18 Å². The minimum absolute atomic E-state index is 0.102. The van der Waals surface area contributed by atoms with Crippen LogP contribution < -0.4 is 5.43 Å². The molecule has 0 saturated carbocycles. The van der Waals surface area contributed by atoms with Gasteiger partial charge in [-0.25, -0.2) is 8.78 Å². The quantitative estimate of drug-likeness (QED) is 0.0939. The maximum Gasteiger partial charge on any atom is 0.416 e. The lowest BCUT2D eigenvalue weighted by Gasteiger charge is -2.39. The van der Waals surface area contributed by atoms with Crippen molar-refractivity contribution in [2.24, 2.45) is 0 Å². The van der Waals surface area contributed by atoms with Crippen LogP contribution in [0.4, 0.5) is 22.0 Å². The van der Waals surface area contributed by atoms with Crippen LogP contribution in [0.1, 0.15) is 67.9 Å². The van der Waals surface area contributed by atoms with E-state index in [1.165, 1.54) is 0 Å². The molecule has 0 radical (unpaired) electrons. The van der Waals surface area contributed by atoms with Crippen molar-refractivity contribution in [1.82, 2.24) is 14.4 Å². The third kappa shape index (κ3) is 9.17. The van der Waals surface area contributed by atoms with Crippen LogP contribution in [-0.2, 0) is 34.5 Å². The van der Waals surface area contributed by atoms with Crippen molar-refractivity contribution >= 4 is 28.6 Å². The first-order valence-electron chi connectivity index (χ1n) is 27.0. The van der Waals surface area contributed by atoms with E-state index in [1.807, 2.05) is 0 Å². The number of methoxy groups -OCH3 is 1. The monoisotopic (exact) mass is 773 g/mol. The first kappa shape index (κ1) is 18.2. The molecule has 0 unspecified atom stereocenters. The van der Waals surface area contributed by atoms with Gasteiger partial charge in [0.2, 0.25) is 5.91 Å². The highest BCUT2D eigenvalue weighted by Crippen LogP contribution is 2.32. The molecular formula is C41H40F5N3O3S. The Kier molecular flexibility index (Phi) is 5.72. The summed E-state index contributed by atoms with van der Waals surface area (Å²) in [6.07, 6.45) is -14.3. The molecule has 1 aliphatic heterocycles. The molecule has 1 fully saturated rings. The summed E-state index contributed by atoms with van der Waals surface area (Å²) in [4.78, 5) is 28.3. The van der Waals surface area contributed by atoms with Gasteiger partial charge in [0.05, 0.1) is 39.1 Å². The number of nitrogens with zero attached hydrogens (tertiary/aromatic N) is 3. The lowest BCUT2D eigenvalue weighted by atomic mass is 10.00. The van der Waals surface area contributed by atoms with E-state index in [-0.39, 0.29) is 15.7 Å². The van der Waals surface area contributed by atoms with E-state index in [0.29, 0.717) is 24.3 Å². The smallest absolute Gasteiger partial charge is 0.383 e. The standard InChI is InChI=1S/C41H40F5N3O3S/c1-27-6-15-34-36(22-27)49(39(23-37(34)50)53-26-31-4-3-5-35(42)40(31)43)25-38(51)48(33-16-18-47(19-17-33)20-21-52-2)24-28-7-9-29(10-8-28)30-11-13-32(14-12-30)41(44,45)46/h3-15,22-23,33H,16-21,24-26H2,1-2H3/i2D3,6D,15D,16D2,17D2,18D2,19D2,20D2,21D2,22D,23D,25D2,26D2,33D. The molecule has 6 rings (SSSR count). The van der Waals surface area contributed by atoms with E-state index in [9.17, 15) is 32.0 Å². The van der Waals surface area contributed by atoms with Crippen molar-refractivity contribution in [2.75, 3.05) is 33.1 Å². The number of thioether (sulfide) groups is 1. The van der Waals surface area contributed by atoms with Crippen LogP contribution in [0.25, 0.3) is 22.0 Å². The number of ether oxygens (including phenoxy) is 1. The Hall–Kier alpha value is -4.52. The number of likely N-dealkylation sites (tertiary alicyclic amines) is 1. The highest BCUT2D eigenvalue weighted by Gasteiger charge is 2.31. The van der Waals surface area contributed by atoms with Gasteiger partial charge in [-0.05, 0) is 72.2 Å². The predicted molar refractivity (Wildman–Crippen MR) is 198 cm³/mol. The maximum atomic E-state index is 15.8. The molecule has 2 heterocycles. The highest BCUT2D eigenvalue weighted by molar-refractivity contribution is 7.98. The number of amides is 1. The van der Waals surface area contributed by atoms with Crippen molar-refractivity contribution < 1.29 is 64.4 Å². The summed E-state index contributed by atoms with van der Waals surface area (Å²) in [5.41, 5.74) is -9.36. The zero-order valence-electron chi connectivity index (χ0n) is 50.9. The minimum atomic E-state index is -4.77. The first-order chi connectivity index (χ1) is 34.6. The predicted octanol–water partition coefficient (Wildman–Crippen LogP) is 8.71. The van der Waals surface area contributed by atoms with Gasteiger partial charge in [0.15, 0.2) is 17.1 Å². The lowest BCUT2D eigenvalue weighted by molar-refractivity contribution is -0.137. The van der Waals surface area contributed by atoms with Crippen LogP contribution in [-0.4, -0.2) is 59.4 Å². The molecule has 0 bridgehead atoms. The van der Waals surface area contributed by atoms with Crippen molar-refractivity contribution in [2.45, 2.75) is 55.6 Å². The summed E-state index contributed by atoms with van der Waals surface area (Å²) in [5.74, 6) is -6.04. The summed E-state index contributed by atoms with van der Waals surface area (Å²) in [5, 5.41) is -2.61. The molecule has 0 atom stereocenters. The van der Waals surface area contributed by atoms with Crippen LogP contribution in [0.15, 0.2) is 101 Å². The second kappa shape index (κ2) is 16.7. The number of fused-ring (bicyclic) bond motifs is 1. The van der Waals surface area contributed by atoms with E-state index in [4.69, 9.17) is 23.3 Å². The van der Waals surface area contributed by atoms with E-state index in [0.717, 1.165) is 49.4 Å². The summed E-state index contributed by atoms with van der Waals surface area (Å²) >= 11 is -0.480. The Bertz CT molecular complexity index is 3200. The Morgan fingerprint density at radius 1 is 1.06 bits per heavy atom. The van der Waals surface area contributed by atoms with Crippen LogP contribution in [0, 0.1) is 18.6 Å². The fourth-order valence-electron chi connectivity index (χ4n) is 4.78. The van der Waals surface area contributed by atoms with Crippen LogP contribution in [0.5, 0.6) is 0 Å². The number of hydrogen-bond acceptors (Lipinski definition) is 5. The molecule has 12 heteroatoms. The normalized spacial score (nSPS) is 26.5. The highest BCUT2D eigenvalue weighted by atomic mass is 32.2. The third-order valence-corrected chi connectivity index (χ3v) is 8.14. The molecule has 4 aromatic carbocycles. The number of pyridine rings is 1. The van der Waals surface area contributed by atoms with Crippen LogP contribution in [0.2, 0.25) is 0 Å². The molecule has 1 amide bonds. The minimum Gasteiger partial charge on any atom is -0.383 e. The van der Waals surface area contributed by atoms with E-state index < -0.39 is 184 Å². The molecule has 0 spiro atoms. The Labute approximate surface area is 342 Å². The van der Waals surface area contributed by atoms with Crippen molar-refractivity contribution in [1.29, 1.82) is 0 Å². The maximum absolute atomic E-state index is 15.8. The van der Waals surface area contributed by atoms with Gasteiger partial charge in [-0.3, -0.25) is 9.59 Å². The third-order valence-electron chi connectivity index (χ3n) is 7.34. The molecule has 1 aliphatic rings. The SMILES string of the molecule is [2H]c1c(C)c([2H])c2c(c1[2H])c(=O)c([2H])c(SC([2H])([2H])c1cccc(F)c1F)n2C([2H])([2H])C(=O)N(Cc1ccc(-c2ccc(C(F)(F)F)cc2)cc1)C1([2H])C([2H])([2H])C([2H])([2H])N(C([2H])([2H])C([2H])([2H])OC([2H])([2H])[2H])C([2H])([2H])C1([2H])[2H]. The Morgan fingerprint density at radius 2 is 1.75 bits per heavy atom. The molecule has 53 heavy (non-hydrogen) atoms. The first-order valence-corrected chi connectivity index (χ1v) is 15.8. The molecule has 0 N–H and O–H groups in total. The van der Waals surface area contributed by atoms with Crippen LogP contribution >= 0.6 is 11.8 Å². The zero-order chi connectivity index (χ0) is 58.9.